The lowest BCUT2D eigenvalue weighted by Crippen LogP contribution is -2.30. The summed E-state index contributed by atoms with van der Waals surface area (Å²) < 4.78 is 68.4. The average Bonchev–Trinajstić information content (AvgIpc) is 1.47. The van der Waals surface area contributed by atoms with Crippen molar-refractivity contribution in [2.75, 3.05) is 39.6 Å². The molecular weight excluding hydrogens is 1270 g/mol. The van der Waals surface area contributed by atoms with Crippen molar-refractivity contribution in [3.05, 3.63) is 0 Å². The van der Waals surface area contributed by atoms with Crippen LogP contribution in [0.3, 0.4) is 0 Å². The molecule has 0 spiro atoms. The van der Waals surface area contributed by atoms with E-state index in [1.807, 2.05) is 0 Å². The van der Waals surface area contributed by atoms with Crippen molar-refractivity contribution in [2.24, 2.45) is 5.92 Å². The fraction of sp³-hybridized carbons (Fsp3) is 0.949. The first-order valence-electron chi connectivity index (χ1n) is 40.6. The van der Waals surface area contributed by atoms with Crippen LogP contribution in [0.2, 0.25) is 0 Å². The van der Waals surface area contributed by atoms with Gasteiger partial charge in [-0.05, 0) is 31.6 Å². The minimum absolute atomic E-state index is 0.102. The molecule has 19 heteroatoms. The number of ether oxygens (including phenoxy) is 4. The minimum Gasteiger partial charge on any atom is -0.462 e. The van der Waals surface area contributed by atoms with Crippen LogP contribution in [-0.2, 0) is 65.4 Å². The normalized spacial score (nSPS) is 13.9. The molecule has 0 aromatic rings. The molecule has 0 radical (unpaired) electrons. The first-order chi connectivity index (χ1) is 47.0. The number of phosphoric ester groups is 2. The highest BCUT2D eigenvalue weighted by molar-refractivity contribution is 7.47. The number of carbonyl (C=O) groups is 4. The standard InChI is InChI=1S/C78H152O17P2/c1-6-9-12-15-18-20-22-24-26-28-30-31-32-34-36-38-40-42-44-47-53-58-63-77(82)94-73(68-89-76(81)62-57-52-46-43-41-39-37-35-33-29-27-25-23-21-19-16-13-10-7-2)69-92-96(84,85)90-65-72(79)66-91-97(86,87)93-70-74(67-88-75(80)61-56-51-45-17-14-11-8-3)95-78(83)64-59-54-49-48-50-55-60-71(4)5/h71-74,79H,6-70H2,1-5H3,(H,84,85)(H,86,87)/t72-,73-,74-/m1/s1. The molecule has 0 aliphatic rings. The summed E-state index contributed by atoms with van der Waals surface area (Å²) in [6.07, 6.45) is 61.7. The highest BCUT2D eigenvalue weighted by Crippen LogP contribution is 2.45. The summed E-state index contributed by atoms with van der Waals surface area (Å²) in [5.41, 5.74) is 0. The van der Waals surface area contributed by atoms with Crippen molar-refractivity contribution in [1.82, 2.24) is 0 Å². The molecule has 0 bridgehead atoms. The SMILES string of the molecule is CCCCCCCCCCCCCCCCCCCCCCCCC(=O)O[C@H](COC(=O)CCCCCCCCCCCCCCCCCCCCC)COP(=O)(O)OC[C@@H](O)COP(=O)(O)OC[C@@H](COC(=O)CCCCCCCCC)OC(=O)CCCCCCCCC(C)C. The second kappa shape index (κ2) is 71.1. The Balaban J connectivity index is 5.12. The van der Waals surface area contributed by atoms with Crippen molar-refractivity contribution in [1.29, 1.82) is 0 Å². The molecule has 0 aromatic carbocycles. The number of aliphatic hydroxyl groups excluding tert-OH is 1. The van der Waals surface area contributed by atoms with Gasteiger partial charge in [-0.1, -0.05) is 362 Å². The van der Waals surface area contributed by atoms with Crippen LogP contribution in [0.1, 0.15) is 413 Å². The molecule has 576 valence electrons. The Bertz CT molecular complexity index is 1860. The van der Waals surface area contributed by atoms with Crippen molar-refractivity contribution < 1.29 is 80.2 Å². The van der Waals surface area contributed by atoms with Gasteiger partial charge in [-0.25, -0.2) is 9.13 Å². The second-order valence-corrected chi connectivity index (χ2v) is 31.5. The number of hydrogen-bond donors (Lipinski definition) is 3. The van der Waals surface area contributed by atoms with E-state index in [2.05, 4.69) is 34.6 Å². The molecule has 0 fully saturated rings. The fourth-order valence-electron chi connectivity index (χ4n) is 12.1. The van der Waals surface area contributed by atoms with Crippen LogP contribution in [0.5, 0.6) is 0 Å². The van der Waals surface area contributed by atoms with E-state index in [0.29, 0.717) is 31.6 Å². The Hall–Kier alpha value is -1.94. The first-order valence-corrected chi connectivity index (χ1v) is 43.6. The Morgan fingerprint density at radius 2 is 0.474 bits per heavy atom. The van der Waals surface area contributed by atoms with Gasteiger partial charge < -0.3 is 33.8 Å². The molecule has 0 aromatic heterocycles. The van der Waals surface area contributed by atoms with Gasteiger partial charge in [0, 0.05) is 25.7 Å². The van der Waals surface area contributed by atoms with Crippen LogP contribution < -0.4 is 0 Å². The number of aliphatic hydroxyl groups is 1. The summed E-state index contributed by atoms with van der Waals surface area (Å²) in [5, 5.41) is 10.6. The van der Waals surface area contributed by atoms with Crippen LogP contribution >= 0.6 is 15.6 Å². The van der Waals surface area contributed by atoms with Gasteiger partial charge in [0.05, 0.1) is 26.4 Å². The van der Waals surface area contributed by atoms with Crippen LogP contribution in [0.25, 0.3) is 0 Å². The van der Waals surface area contributed by atoms with Gasteiger partial charge in [0.15, 0.2) is 12.2 Å². The van der Waals surface area contributed by atoms with Crippen LogP contribution in [0, 0.1) is 5.92 Å². The van der Waals surface area contributed by atoms with Crippen molar-refractivity contribution >= 4 is 39.5 Å². The summed E-state index contributed by atoms with van der Waals surface area (Å²) in [7, 11) is -9.90. The Kier molecular flexibility index (Phi) is 69.6. The largest absolute Gasteiger partial charge is 0.472 e. The van der Waals surface area contributed by atoms with Gasteiger partial charge in [0.2, 0.25) is 0 Å². The maximum Gasteiger partial charge on any atom is 0.472 e. The van der Waals surface area contributed by atoms with E-state index in [-0.39, 0.29) is 25.7 Å². The third kappa shape index (κ3) is 72.2. The lowest BCUT2D eigenvalue weighted by Gasteiger charge is -2.21. The molecular formula is C78H152O17P2. The molecule has 17 nitrogen and oxygen atoms in total. The third-order valence-electron chi connectivity index (χ3n) is 18.3. The zero-order valence-electron chi connectivity index (χ0n) is 63.2. The molecule has 0 heterocycles. The van der Waals surface area contributed by atoms with Crippen LogP contribution in [0.15, 0.2) is 0 Å². The predicted octanol–water partition coefficient (Wildman–Crippen LogP) is 23.3. The minimum atomic E-state index is -4.96. The summed E-state index contributed by atoms with van der Waals surface area (Å²) >= 11 is 0. The van der Waals surface area contributed by atoms with Crippen LogP contribution in [0.4, 0.5) is 0 Å². The summed E-state index contributed by atoms with van der Waals surface area (Å²) in [6.45, 7) is 7.16. The lowest BCUT2D eigenvalue weighted by molar-refractivity contribution is -0.161. The maximum absolute atomic E-state index is 13.1. The maximum atomic E-state index is 13.1. The van der Waals surface area contributed by atoms with Gasteiger partial charge in [-0.2, -0.15) is 0 Å². The van der Waals surface area contributed by atoms with E-state index >= 15 is 0 Å². The van der Waals surface area contributed by atoms with Gasteiger partial charge >= 0.3 is 39.5 Å². The van der Waals surface area contributed by atoms with E-state index in [4.69, 9.17) is 37.0 Å². The Morgan fingerprint density at radius 1 is 0.278 bits per heavy atom. The zero-order chi connectivity index (χ0) is 71.2. The molecule has 0 aliphatic heterocycles. The molecule has 0 saturated carbocycles. The fourth-order valence-corrected chi connectivity index (χ4v) is 13.6. The van der Waals surface area contributed by atoms with E-state index in [1.54, 1.807) is 0 Å². The third-order valence-corrected chi connectivity index (χ3v) is 20.2. The number of esters is 4. The molecule has 0 saturated heterocycles. The summed E-state index contributed by atoms with van der Waals surface area (Å²) in [5.74, 6) is -1.45. The van der Waals surface area contributed by atoms with Crippen molar-refractivity contribution in [2.45, 2.75) is 432 Å². The van der Waals surface area contributed by atoms with Gasteiger partial charge in [-0.3, -0.25) is 37.3 Å². The topological polar surface area (TPSA) is 237 Å². The number of unbranched alkanes of at least 4 members (excludes halogenated alkanes) is 50. The second-order valence-electron chi connectivity index (χ2n) is 28.6. The molecule has 3 N–H and O–H groups in total. The van der Waals surface area contributed by atoms with Crippen LogP contribution in [-0.4, -0.2) is 96.7 Å². The van der Waals surface area contributed by atoms with Gasteiger partial charge in [-0.15, -0.1) is 0 Å². The first kappa shape index (κ1) is 95.1. The van der Waals surface area contributed by atoms with Gasteiger partial charge in [0.25, 0.3) is 0 Å². The summed E-state index contributed by atoms with van der Waals surface area (Å²) in [6, 6.07) is 0. The quantitative estimate of drug-likeness (QED) is 0.0222. The zero-order valence-corrected chi connectivity index (χ0v) is 65.0. The predicted molar refractivity (Wildman–Crippen MR) is 395 cm³/mol. The molecule has 0 rings (SSSR count). The van der Waals surface area contributed by atoms with E-state index in [9.17, 15) is 43.2 Å². The summed E-state index contributed by atoms with van der Waals surface area (Å²) in [4.78, 5) is 72.6. The average molecular weight is 1420 g/mol. The monoisotopic (exact) mass is 1420 g/mol. The highest BCUT2D eigenvalue weighted by atomic mass is 31.2. The highest BCUT2D eigenvalue weighted by Gasteiger charge is 2.30. The van der Waals surface area contributed by atoms with Gasteiger partial charge in [0.1, 0.15) is 19.3 Å². The van der Waals surface area contributed by atoms with E-state index in [0.717, 1.165) is 103 Å². The van der Waals surface area contributed by atoms with E-state index < -0.39 is 97.5 Å². The molecule has 97 heavy (non-hydrogen) atoms. The van der Waals surface area contributed by atoms with E-state index in [1.165, 1.54) is 225 Å². The van der Waals surface area contributed by atoms with Crippen molar-refractivity contribution in [3.8, 4) is 0 Å². The number of carbonyl (C=O) groups excluding carboxylic acids is 4. The molecule has 5 atom stereocenters. The van der Waals surface area contributed by atoms with Crippen molar-refractivity contribution in [3.63, 3.8) is 0 Å². The Labute approximate surface area is 594 Å². The number of hydrogen-bond acceptors (Lipinski definition) is 15. The molecule has 2 unspecified atom stereocenters. The molecule has 0 aliphatic carbocycles. The smallest absolute Gasteiger partial charge is 0.462 e. The number of phosphoric acid groups is 2. The molecule has 0 amide bonds. The number of rotatable bonds is 78. The Morgan fingerprint density at radius 3 is 0.701 bits per heavy atom. The lowest BCUT2D eigenvalue weighted by atomic mass is 10.0.